The van der Waals surface area contributed by atoms with E-state index in [0.717, 1.165) is 17.7 Å². The first-order valence-electron chi connectivity index (χ1n) is 13.5. The maximum absolute atomic E-state index is 13.7. The van der Waals surface area contributed by atoms with Gasteiger partial charge < -0.3 is 30.5 Å². The predicted octanol–water partition coefficient (Wildman–Crippen LogP) is 0.263. The number of aliphatic hydroxyl groups excluding tert-OH is 1. The van der Waals surface area contributed by atoms with Crippen LogP contribution in [0.15, 0.2) is 25.3 Å². The fourth-order valence-electron chi connectivity index (χ4n) is 5.27. The maximum atomic E-state index is 13.7. The van der Waals surface area contributed by atoms with Crippen molar-refractivity contribution in [2.75, 3.05) is 20.3 Å². The second-order valence-corrected chi connectivity index (χ2v) is 12.8. The summed E-state index contributed by atoms with van der Waals surface area (Å²) in [6, 6.07) is -2.45. The molecule has 0 spiro atoms. The van der Waals surface area contributed by atoms with Crippen molar-refractivity contribution in [1.29, 1.82) is 0 Å². The molecule has 0 aromatic rings. The average molecular weight is 585 g/mol. The number of allylic oxidation sites excluding steroid dienone is 1. The molecule has 2 saturated carbocycles. The SMILES string of the molecule is C=CCCCC[C@@H](COC)[C@H](NC(=O)O)C(=O)N1C[C@H](O)C[C@H]1C(=O)N[C@]1(C(=O)NS(=O)(=O)C2CC2)C[C@H]1C=C. The van der Waals surface area contributed by atoms with Crippen LogP contribution in [0.4, 0.5) is 4.79 Å². The number of likely N-dealkylation sites (tertiary alicyclic amines) is 1. The third-order valence-electron chi connectivity index (χ3n) is 7.74. The first-order chi connectivity index (χ1) is 18.9. The van der Waals surface area contributed by atoms with Crippen LogP contribution in [0, 0.1) is 11.8 Å². The van der Waals surface area contributed by atoms with Gasteiger partial charge in [0.2, 0.25) is 21.8 Å². The summed E-state index contributed by atoms with van der Waals surface area (Å²) in [4.78, 5) is 53.0. The summed E-state index contributed by atoms with van der Waals surface area (Å²) >= 11 is 0. The molecule has 1 heterocycles. The number of hydrogen-bond acceptors (Lipinski definition) is 8. The highest BCUT2D eigenvalue weighted by Gasteiger charge is 2.62. The van der Waals surface area contributed by atoms with Crippen LogP contribution in [0.2, 0.25) is 0 Å². The standard InChI is InChI=1S/C26H40N4O9S/c1-4-6-7-8-9-16(15-39-3)21(27-25(35)36)23(33)30-14-18(31)12-20(30)22(32)28-26(13-17(26)5-2)24(34)29-40(37,38)19-10-11-19/h4-5,16-21,27,31H,1-2,6-15H2,3H3,(H,28,32)(H,29,34)(H,35,36)/t16-,17+,18+,20-,21-,26+/m0/s1. The smallest absolute Gasteiger partial charge is 0.405 e. The summed E-state index contributed by atoms with van der Waals surface area (Å²) in [7, 11) is -2.43. The van der Waals surface area contributed by atoms with Crippen LogP contribution in [-0.2, 0) is 29.1 Å². The number of unbranched alkanes of at least 4 members (excludes halogenated alkanes) is 2. The highest BCUT2D eigenvalue weighted by atomic mass is 32.2. The molecule has 13 nitrogen and oxygen atoms in total. The minimum atomic E-state index is -3.87. The van der Waals surface area contributed by atoms with E-state index in [-0.39, 0.29) is 26.0 Å². The highest BCUT2D eigenvalue weighted by molar-refractivity contribution is 7.91. The van der Waals surface area contributed by atoms with Crippen LogP contribution in [0.1, 0.15) is 51.4 Å². The lowest BCUT2D eigenvalue weighted by molar-refractivity contribution is -0.142. The maximum Gasteiger partial charge on any atom is 0.405 e. The molecule has 40 heavy (non-hydrogen) atoms. The molecule has 5 N–H and O–H groups in total. The first-order valence-corrected chi connectivity index (χ1v) is 15.0. The fourth-order valence-corrected chi connectivity index (χ4v) is 6.64. The van der Waals surface area contributed by atoms with E-state index in [1.807, 2.05) is 0 Å². The Kier molecular flexibility index (Phi) is 10.4. The molecule has 3 fully saturated rings. The van der Waals surface area contributed by atoms with Gasteiger partial charge in [-0.05, 0) is 38.5 Å². The summed E-state index contributed by atoms with van der Waals surface area (Å²) in [6.07, 6.45) is 4.32. The molecule has 0 aromatic carbocycles. The van der Waals surface area contributed by atoms with Crippen molar-refractivity contribution in [2.24, 2.45) is 11.8 Å². The van der Waals surface area contributed by atoms with Gasteiger partial charge in [-0.15, -0.1) is 13.2 Å². The Morgan fingerprint density at radius 1 is 1.20 bits per heavy atom. The normalized spacial score (nSPS) is 27.2. The van der Waals surface area contributed by atoms with Crippen molar-refractivity contribution in [1.82, 2.24) is 20.3 Å². The van der Waals surface area contributed by atoms with Gasteiger partial charge in [-0.25, -0.2) is 13.2 Å². The van der Waals surface area contributed by atoms with Gasteiger partial charge in [-0.3, -0.25) is 19.1 Å². The number of carbonyl (C=O) groups is 4. The zero-order chi connectivity index (χ0) is 29.7. The van der Waals surface area contributed by atoms with E-state index < -0.39 is 74.7 Å². The Bertz CT molecular complexity index is 1110. The van der Waals surface area contributed by atoms with Gasteiger partial charge in [0.15, 0.2) is 0 Å². The van der Waals surface area contributed by atoms with Crippen molar-refractivity contribution in [3.05, 3.63) is 25.3 Å². The predicted molar refractivity (Wildman–Crippen MR) is 144 cm³/mol. The lowest BCUT2D eigenvalue weighted by atomic mass is 9.92. The van der Waals surface area contributed by atoms with Crippen LogP contribution < -0.4 is 15.4 Å². The lowest BCUT2D eigenvalue weighted by Gasteiger charge is -2.32. The molecule has 3 aliphatic rings. The molecule has 0 aromatic heterocycles. The molecule has 0 unspecified atom stereocenters. The number of ether oxygens (including phenoxy) is 1. The van der Waals surface area contributed by atoms with Gasteiger partial charge in [0.1, 0.15) is 17.6 Å². The van der Waals surface area contributed by atoms with E-state index in [4.69, 9.17) is 4.74 Å². The number of carboxylic acid groups (broad SMARTS) is 1. The van der Waals surface area contributed by atoms with Crippen LogP contribution in [0.25, 0.3) is 0 Å². The minimum absolute atomic E-state index is 0.0811. The molecule has 6 atom stereocenters. The molecule has 0 radical (unpaired) electrons. The minimum Gasteiger partial charge on any atom is -0.465 e. The number of methoxy groups -OCH3 is 1. The van der Waals surface area contributed by atoms with Crippen LogP contribution in [-0.4, -0.2) is 96.6 Å². The summed E-state index contributed by atoms with van der Waals surface area (Å²) in [5.74, 6) is -3.39. The number of nitrogens with zero attached hydrogens (tertiary/aromatic N) is 1. The van der Waals surface area contributed by atoms with Crippen LogP contribution in [0.5, 0.6) is 0 Å². The van der Waals surface area contributed by atoms with Crippen LogP contribution in [0.3, 0.4) is 0 Å². The molecular weight excluding hydrogens is 544 g/mol. The number of rotatable bonds is 16. The van der Waals surface area contributed by atoms with Crippen molar-refractivity contribution in [3.63, 3.8) is 0 Å². The Balaban J connectivity index is 1.79. The second-order valence-electron chi connectivity index (χ2n) is 10.8. The number of carbonyl (C=O) groups excluding carboxylic acids is 3. The highest BCUT2D eigenvalue weighted by Crippen LogP contribution is 2.45. The van der Waals surface area contributed by atoms with Crippen LogP contribution >= 0.6 is 0 Å². The Hall–Kier alpha value is -2.97. The Labute approximate surface area is 234 Å². The van der Waals surface area contributed by atoms with Gasteiger partial charge in [-0.1, -0.05) is 18.6 Å². The summed E-state index contributed by atoms with van der Waals surface area (Å²) < 4.78 is 32.1. The molecule has 2 aliphatic carbocycles. The molecule has 0 bridgehead atoms. The molecule has 1 saturated heterocycles. The third-order valence-corrected chi connectivity index (χ3v) is 9.56. The number of sulfonamides is 1. The molecule has 224 valence electrons. The Morgan fingerprint density at radius 3 is 2.45 bits per heavy atom. The summed E-state index contributed by atoms with van der Waals surface area (Å²) in [5, 5.41) is 24.1. The molecular formula is C26H40N4O9S. The molecule has 3 rings (SSSR count). The first kappa shape index (κ1) is 31.6. The number of aliphatic hydroxyl groups is 1. The average Bonchev–Trinajstić information content (AvgIpc) is 3.81. The fraction of sp³-hybridized carbons (Fsp3) is 0.692. The van der Waals surface area contributed by atoms with E-state index in [0.29, 0.717) is 25.7 Å². The van der Waals surface area contributed by atoms with E-state index in [1.165, 1.54) is 13.2 Å². The van der Waals surface area contributed by atoms with Crippen molar-refractivity contribution in [3.8, 4) is 0 Å². The number of β-amino-alcohol motifs (C(OH)–C–C–N with tert-alkyl or cyclic N) is 1. The zero-order valence-electron chi connectivity index (χ0n) is 22.7. The molecule has 1 aliphatic heterocycles. The molecule has 4 amide bonds. The summed E-state index contributed by atoms with van der Waals surface area (Å²) in [6.45, 7) is 7.21. The quantitative estimate of drug-likeness (QED) is 0.125. The monoisotopic (exact) mass is 584 g/mol. The van der Waals surface area contributed by atoms with Gasteiger partial charge >= 0.3 is 6.09 Å². The van der Waals surface area contributed by atoms with Crippen molar-refractivity contribution >= 4 is 33.8 Å². The molecule has 14 heteroatoms. The lowest BCUT2D eigenvalue weighted by Crippen LogP contribution is -2.59. The largest absolute Gasteiger partial charge is 0.465 e. The number of hydrogen-bond donors (Lipinski definition) is 5. The van der Waals surface area contributed by atoms with E-state index >= 15 is 0 Å². The summed E-state index contributed by atoms with van der Waals surface area (Å²) in [5.41, 5.74) is -1.55. The van der Waals surface area contributed by atoms with Crippen molar-refractivity contribution < 1.29 is 42.5 Å². The second kappa shape index (κ2) is 13.1. The van der Waals surface area contributed by atoms with E-state index in [1.54, 1.807) is 6.08 Å². The van der Waals surface area contributed by atoms with Crippen molar-refractivity contribution in [2.45, 2.75) is 80.3 Å². The van der Waals surface area contributed by atoms with Gasteiger partial charge in [0, 0.05) is 31.9 Å². The third kappa shape index (κ3) is 7.40. The zero-order valence-corrected chi connectivity index (χ0v) is 23.5. The number of nitrogens with one attached hydrogen (secondary N) is 3. The Morgan fingerprint density at radius 2 is 1.90 bits per heavy atom. The van der Waals surface area contributed by atoms with E-state index in [2.05, 4.69) is 28.5 Å². The van der Waals surface area contributed by atoms with Gasteiger partial charge in [0.05, 0.1) is 18.0 Å². The van der Waals surface area contributed by atoms with Gasteiger partial charge in [-0.2, -0.15) is 0 Å². The number of amides is 4. The van der Waals surface area contributed by atoms with Gasteiger partial charge in [0.25, 0.3) is 5.91 Å². The topological polar surface area (TPSA) is 191 Å². The van der Waals surface area contributed by atoms with E-state index in [9.17, 15) is 37.8 Å².